The highest BCUT2D eigenvalue weighted by Gasteiger charge is 2.33. The number of hydrogen-bond donors (Lipinski definition) is 2. The van der Waals surface area contributed by atoms with E-state index in [1.54, 1.807) is 35.2 Å². The van der Waals surface area contributed by atoms with Gasteiger partial charge in [-0.15, -0.1) is 0 Å². The molecule has 0 fully saturated rings. The number of halogens is 5. The lowest BCUT2D eigenvalue weighted by Gasteiger charge is -2.12. The molecule has 0 radical (unpaired) electrons. The van der Waals surface area contributed by atoms with Gasteiger partial charge in [-0.3, -0.25) is 4.57 Å². The van der Waals surface area contributed by atoms with Gasteiger partial charge in [-0.05, 0) is 54.1 Å². The Balaban J connectivity index is 1.48. The fraction of sp³-hybridized carbons (Fsp3) is 0.0526. The fourth-order valence-electron chi connectivity index (χ4n) is 2.80. The highest BCUT2D eigenvalue weighted by Crippen LogP contribution is 2.36. The molecule has 0 aliphatic heterocycles. The van der Waals surface area contributed by atoms with Crippen LogP contribution in [0.25, 0.3) is 16.9 Å². The molecule has 2 amide bonds. The summed E-state index contributed by atoms with van der Waals surface area (Å²) in [7, 11) is 0. The number of carbonyl (C=O) groups excluding carboxylic acids is 1. The molecule has 4 aromatic rings. The third-order valence-electron chi connectivity index (χ3n) is 4.19. The summed E-state index contributed by atoms with van der Waals surface area (Å²) in [5.74, 6) is 0. The van der Waals surface area contributed by atoms with Gasteiger partial charge in [-0.1, -0.05) is 11.6 Å². The van der Waals surface area contributed by atoms with Crippen LogP contribution in [0.3, 0.4) is 0 Å². The summed E-state index contributed by atoms with van der Waals surface area (Å²) in [4.78, 5) is 24.4. The van der Waals surface area contributed by atoms with Crippen molar-refractivity contribution >= 4 is 51.8 Å². The molecule has 31 heavy (non-hydrogen) atoms. The van der Waals surface area contributed by atoms with E-state index >= 15 is 0 Å². The topological polar surface area (TPSA) is 84.7 Å². The number of anilines is 2. The van der Waals surface area contributed by atoms with Gasteiger partial charge < -0.3 is 10.6 Å². The van der Waals surface area contributed by atoms with Crippen LogP contribution in [0.2, 0.25) is 10.3 Å². The summed E-state index contributed by atoms with van der Waals surface area (Å²) >= 11 is 11.4. The highest BCUT2D eigenvalue weighted by molar-refractivity contribution is 6.31. The molecule has 7 nitrogen and oxygen atoms in total. The molecule has 0 spiro atoms. The normalized spacial score (nSPS) is 11.5. The first-order chi connectivity index (χ1) is 14.7. The number of nitrogens with zero attached hydrogens (tertiary/aromatic N) is 4. The molecule has 2 heterocycles. The zero-order valence-corrected chi connectivity index (χ0v) is 16.8. The molecule has 0 aliphatic carbocycles. The summed E-state index contributed by atoms with van der Waals surface area (Å²) in [6.07, 6.45) is -1.57. The van der Waals surface area contributed by atoms with Crippen molar-refractivity contribution in [2.45, 2.75) is 6.18 Å². The minimum atomic E-state index is -4.63. The van der Waals surface area contributed by atoms with Crippen molar-refractivity contribution < 1.29 is 18.0 Å². The van der Waals surface area contributed by atoms with E-state index in [2.05, 4.69) is 25.6 Å². The van der Waals surface area contributed by atoms with Crippen LogP contribution >= 0.6 is 23.2 Å². The lowest BCUT2D eigenvalue weighted by molar-refractivity contribution is -0.137. The SMILES string of the molecule is O=C(Nc1ccc(-n2cnc3cnc(Cl)nc32)cc1)Nc1ccc(Cl)c(C(F)(F)F)c1. The third kappa shape index (κ3) is 4.54. The first-order valence-corrected chi connectivity index (χ1v) is 9.37. The molecular formula is C19H11Cl2F3N6O. The number of amides is 2. The van der Waals surface area contributed by atoms with Gasteiger partial charge in [0.1, 0.15) is 11.8 Å². The largest absolute Gasteiger partial charge is 0.417 e. The maximum atomic E-state index is 13.0. The Labute approximate surface area is 182 Å². The third-order valence-corrected chi connectivity index (χ3v) is 4.71. The number of alkyl halides is 3. The molecule has 158 valence electrons. The summed E-state index contributed by atoms with van der Waals surface area (Å²) in [6, 6.07) is 9.04. The van der Waals surface area contributed by atoms with E-state index in [1.165, 1.54) is 12.3 Å². The predicted molar refractivity (Wildman–Crippen MR) is 111 cm³/mol. The van der Waals surface area contributed by atoms with E-state index in [9.17, 15) is 18.0 Å². The Kier molecular flexibility index (Phi) is 5.42. The minimum absolute atomic E-state index is 0.0488. The molecule has 2 aromatic carbocycles. The van der Waals surface area contributed by atoms with Gasteiger partial charge in [0.15, 0.2) is 5.65 Å². The number of imidazole rings is 1. The molecule has 4 rings (SSSR count). The van der Waals surface area contributed by atoms with E-state index in [4.69, 9.17) is 23.2 Å². The van der Waals surface area contributed by atoms with Crippen LogP contribution in [0.5, 0.6) is 0 Å². The van der Waals surface area contributed by atoms with Gasteiger partial charge in [-0.2, -0.15) is 18.2 Å². The highest BCUT2D eigenvalue weighted by atomic mass is 35.5. The van der Waals surface area contributed by atoms with Crippen molar-refractivity contribution in [3.63, 3.8) is 0 Å². The Morgan fingerprint density at radius 3 is 2.35 bits per heavy atom. The summed E-state index contributed by atoms with van der Waals surface area (Å²) in [5.41, 5.74) is 1.12. The summed E-state index contributed by atoms with van der Waals surface area (Å²) < 4.78 is 40.6. The number of fused-ring (bicyclic) bond motifs is 1. The Morgan fingerprint density at radius 2 is 1.65 bits per heavy atom. The van der Waals surface area contributed by atoms with Gasteiger partial charge in [-0.25, -0.2) is 14.8 Å². The van der Waals surface area contributed by atoms with Gasteiger partial charge >= 0.3 is 12.2 Å². The Morgan fingerprint density at radius 1 is 0.968 bits per heavy atom. The van der Waals surface area contributed by atoms with Crippen molar-refractivity contribution in [1.82, 2.24) is 19.5 Å². The van der Waals surface area contributed by atoms with E-state index in [0.717, 1.165) is 12.1 Å². The second-order valence-electron chi connectivity index (χ2n) is 6.28. The molecule has 0 bridgehead atoms. The van der Waals surface area contributed by atoms with Crippen LogP contribution in [0.4, 0.5) is 29.3 Å². The lowest BCUT2D eigenvalue weighted by atomic mass is 10.2. The molecular weight excluding hydrogens is 456 g/mol. The average Bonchev–Trinajstić information content (AvgIpc) is 3.12. The first kappa shape index (κ1) is 20.9. The maximum Gasteiger partial charge on any atom is 0.417 e. The molecule has 0 unspecified atom stereocenters. The molecule has 0 saturated heterocycles. The van der Waals surface area contributed by atoms with E-state index in [1.807, 2.05) is 0 Å². The van der Waals surface area contributed by atoms with Crippen LogP contribution in [0, 0.1) is 0 Å². The second-order valence-corrected chi connectivity index (χ2v) is 7.03. The van der Waals surface area contributed by atoms with Crippen LogP contribution in [-0.2, 0) is 6.18 Å². The summed E-state index contributed by atoms with van der Waals surface area (Å²) in [5, 5.41) is 4.53. The van der Waals surface area contributed by atoms with Crippen molar-refractivity contribution in [2.75, 3.05) is 10.6 Å². The number of rotatable bonds is 3. The van der Waals surface area contributed by atoms with Crippen molar-refractivity contribution in [3.05, 3.63) is 70.9 Å². The molecule has 2 N–H and O–H groups in total. The first-order valence-electron chi connectivity index (χ1n) is 8.61. The number of nitrogens with one attached hydrogen (secondary N) is 2. The maximum absolute atomic E-state index is 13.0. The van der Waals surface area contributed by atoms with Crippen molar-refractivity contribution in [3.8, 4) is 5.69 Å². The lowest BCUT2D eigenvalue weighted by Crippen LogP contribution is -2.20. The smallest absolute Gasteiger partial charge is 0.308 e. The number of urea groups is 1. The van der Waals surface area contributed by atoms with Crippen LogP contribution < -0.4 is 10.6 Å². The zero-order chi connectivity index (χ0) is 22.2. The number of carbonyl (C=O) groups is 1. The zero-order valence-electron chi connectivity index (χ0n) is 15.3. The van der Waals surface area contributed by atoms with E-state index in [-0.39, 0.29) is 11.0 Å². The molecule has 0 saturated carbocycles. The quantitative estimate of drug-likeness (QED) is 0.374. The molecule has 2 aromatic heterocycles. The van der Waals surface area contributed by atoms with Crippen molar-refractivity contribution in [2.24, 2.45) is 0 Å². The fourth-order valence-corrected chi connectivity index (χ4v) is 3.15. The van der Waals surface area contributed by atoms with E-state index < -0.39 is 22.8 Å². The van der Waals surface area contributed by atoms with Gasteiger partial charge in [0, 0.05) is 17.1 Å². The Bertz CT molecular complexity index is 1270. The minimum Gasteiger partial charge on any atom is -0.308 e. The number of benzene rings is 2. The number of aromatic nitrogens is 4. The van der Waals surface area contributed by atoms with Crippen LogP contribution in [0.15, 0.2) is 55.0 Å². The molecule has 0 atom stereocenters. The van der Waals surface area contributed by atoms with Gasteiger partial charge in [0.05, 0.1) is 16.8 Å². The second kappa shape index (κ2) is 8.05. The average molecular weight is 467 g/mol. The van der Waals surface area contributed by atoms with Crippen molar-refractivity contribution in [1.29, 1.82) is 0 Å². The number of hydrogen-bond acceptors (Lipinski definition) is 4. The molecule has 0 aliphatic rings. The van der Waals surface area contributed by atoms with E-state index in [0.29, 0.717) is 22.5 Å². The van der Waals surface area contributed by atoms with Gasteiger partial charge in [0.2, 0.25) is 5.28 Å². The van der Waals surface area contributed by atoms with Crippen LogP contribution in [-0.4, -0.2) is 25.6 Å². The standard InChI is InChI=1S/C19H11Cl2F3N6O/c20-14-6-3-11(7-13(14)19(22,23)24)28-18(31)27-10-1-4-12(5-2-10)30-9-26-15-8-25-17(21)29-16(15)30/h1-9H,(H2,27,28,31). The molecule has 12 heteroatoms. The van der Waals surface area contributed by atoms with Crippen LogP contribution in [0.1, 0.15) is 5.56 Å². The monoisotopic (exact) mass is 466 g/mol. The predicted octanol–water partition coefficient (Wildman–Crippen LogP) is 5.79. The van der Waals surface area contributed by atoms with Gasteiger partial charge in [0.25, 0.3) is 0 Å². The summed E-state index contributed by atoms with van der Waals surface area (Å²) in [6.45, 7) is 0. The Hall–Kier alpha value is -3.37.